The number of carbonyl (C=O) groups is 1. The van der Waals surface area contributed by atoms with Crippen LogP contribution in [0.1, 0.15) is 24.0 Å². The standard InChI is InChI=1S/C13H14N2O3S/c14-9-11-3-1-2-4-12(11)10-19(17,18)15-7-5-13(16)6-8-15/h1-4H,5-8,10H2. The first-order valence-corrected chi connectivity index (χ1v) is 7.61. The van der Waals surface area contributed by atoms with E-state index in [1.54, 1.807) is 24.3 Å². The summed E-state index contributed by atoms with van der Waals surface area (Å²) in [5.41, 5.74) is 0.876. The zero-order chi connectivity index (χ0) is 13.9. The summed E-state index contributed by atoms with van der Waals surface area (Å²) in [7, 11) is -3.46. The summed E-state index contributed by atoms with van der Waals surface area (Å²) in [6, 6.07) is 8.65. The predicted molar refractivity (Wildman–Crippen MR) is 69.6 cm³/mol. The number of nitriles is 1. The maximum atomic E-state index is 12.2. The smallest absolute Gasteiger partial charge is 0.218 e. The third kappa shape index (κ3) is 3.19. The minimum Gasteiger partial charge on any atom is -0.300 e. The molecule has 0 saturated carbocycles. The molecular formula is C13H14N2O3S. The van der Waals surface area contributed by atoms with E-state index in [-0.39, 0.29) is 37.5 Å². The molecule has 6 heteroatoms. The van der Waals surface area contributed by atoms with Crippen molar-refractivity contribution in [1.29, 1.82) is 5.26 Å². The number of hydrogen-bond donors (Lipinski definition) is 0. The summed E-state index contributed by atoms with van der Waals surface area (Å²) >= 11 is 0. The molecule has 0 aromatic heterocycles. The molecule has 1 aromatic carbocycles. The van der Waals surface area contributed by atoms with Gasteiger partial charge in [-0.15, -0.1) is 0 Å². The van der Waals surface area contributed by atoms with Crippen LogP contribution in [0.15, 0.2) is 24.3 Å². The third-order valence-corrected chi connectivity index (χ3v) is 4.98. The molecule has 1 fully saturated rings. The normalized spacial score (nSPS) is 17.1. The van der Waals surface area contributed by atoms with Gasteiger partial charge in [0.1, 0.15) is 5.78 Å². The van der Waals surface area contributed by atoms with Crippen LogP contribution in [0.4, 0.5) is 0 Å². The van der Waals surface area contributed by atoms with E-state index in [1.807, 2.05) is 6.07 Å². The predicted octanol–water partition coefficient (Wildman–Crippen LogP) is 1.05. The van der Waals surface area contributed by atoms with Crippen LogP contribution in [-0.2, 0) is 20.6 Å². The van der Waals surface area contributed by atoms with Crippen LogP contribution in [0.25, 0.3) is 0 Å². The number of rotatable bonds is 3. The Labute approximate surface area is 112 Å². The Morgan fingerprint density at radius 2 is 1.84 bits per heavy atom. The molecular weight excluding hydrogens is 264 g/mol. The van der Waals surface area contributed by atoms with Crippen LogP contribution in [0.3, 0.4) is 0 Å². The summed E-state index contributed by atoms with van der Waals surface area (Å²) in [6.07, 6.45) is 0.554. The summed E-state index contributed by atoms with van der Waals surface area (Å²) < 4.78 is 25.8. The second-order valence-electron chi connectivity index (χ2n) is 4.46. The number of carbonyl (C=O) groups excluding carboxylic acids is 1. The summed E-state index contributed by atoms with van der Waals surface area (Å²) in [5, 5.41) is 8.96. The van der Waals surface area contributed by atoms with Crippen molar-refractivity contribution in [3.8, 4) is 6.07 Å². The Balaban J connectivity index is 2.18. The Morgan fingerprint density at radius 1 is 1.21 bits per heavy atom. The van der Waals surface area contributed by atoms with Gasteiger partial charge in [-0.3, -0.25) is 4.79 Å². The van der Waals surface area contributed by atoms with E-state index in [0.717, 1.165) is 0 Å². The molecule has 0 spiro atoms. The minimum atomic E-state index is -3.46. The van der Waals surface area contributed by atoms with Gasteiger partial charge in [0, 0.05) is 25.9 Å². The molecule has 1 aliphatic rings. The van der Waals surface area contributed by atoms with Gasteiger partial charge in [0.25, 0.3) is 0 Å². The van der Waals surface area contributed by atoms with E-state index in [4.69, 9.17) is 5.26 Å². The van der Waals surface area contributed by atoms with Crippen molar-refractivity contribution in [3.63, 3.8) is 0 Å². The second kappa shape index (κ2) is 5.51. The zero-order valence-corrected chi connectivity index (χ0v) is 11.2. The Morgan fingerprint density at radius 3 is 2.47 bits per heavy atom. The van der Waals surface area contributed by atoms with Gasteiger partial charge in [0.05, 0.1) is 17.4 Å². The van der Waals surface area contributed by atoms with E-state index < -0.39 is 10.0 Å². The number of benzene rings is 1. The fourth-order valence-electron chi connectivity index (χ4n) is 2.06. The van der Waals surface area contributed by atoms with E-state index >= 15 is 0 Å². The lowest BCUT2D eigenvalue weighted by Crippen LogP contribution is -2.39. The average Bonchev–Trinajstić information content (AvgIpc) is 2.39. The third-order valence-electron chi connectivity index (χ3n) is 3.15. The molecule has 0 atom stereocenters. The van der Waals surface area contributed by atoms with Crippen LogP contribution in [0.2, 0.25) is 0 Å². The molecule has 1 aromatic rings. The fourth-order valence-corrected chi connectivity index (χ4v) is 3.62. The van der Waals surface area contributed by atoms with Crippen molar-refractivity contribution in [2.24, 2.45) is 0 Å². The van der Waals surface area contributed by atoms with Crippen LogP contribution in [0.5, 0.6) is 0 Å². The number of Topliss-reactive ketones (excluding diaryl/α,β-unsaturated/α-hetero) is 1. The molecule has 0 bridgehead atoms. The minimum absolute atomic E-state index is 0.101. The molecule has 1 saturated heterocycles. The number of nitrogens with zero attached hydrogens (tertiary/aromatic N) is 2. The maximum Gasteiger partial charge on any atom is 0.218 e. The molecule has 0 amide bonds. The van der Waals surface area contributed by atoms with Crippen molar-refractivity contribution in [1.82, 2.24) is 4.31 Å². The number of ketones is 1. The number of piperidine rings is 1. The molecule has 2 rings (SSSR count). The molecule has 19 heavy (non-hydrogen) atoms. The molecule has 0 N–H and O–H groups in total. The van der Waals surface area contributed by atoms with Crippen molar-refractivity contribution in [2.45, 2.75) is 18.6 Å². The van der Waals surface area contributed by atoms with Gasteiger partial charge in [0.2, 0.25) is 10.0 Å². The topological polar surface area (TPSA) is 78.2 Å². The van der Waals surface area contributed by atoms with Crippen LogP contribution in [-0.4, -0.2) is 31.6 Å². The van der Waals surface area contributed by atoms with E-state index in [2.05, 4.69) is 0 Å². The van der Waals surface area contributed by atoms with Crippen LogP contribution < -0.4 is 0 Å². The second-order valence-corrected chi connectivity index (χ2v) is 6.43. The highest BCUT2D eigenvalue weighted by atomic mass is 32.2. The number of sulfonamides is 1. The Hall–Kier alpha value is -1.71. The molecule has 0 radical (unpaired) electrons. The molecule has 1 heterocycles. The van der Waals surface area contributed by atoms with Crippen molar-refractivity contribution >= 4 is 15.8 Å². The zero-order valence-electron chi connectivity index (χ0n) is 10.4. The van der Waals surface area contributed by atoms with Gasteiger partial charge >= 0.3 is 0 Å². The molecule has 0 aliphatic carbocycles. The average molecular weight is 278 g/mol. The van der Waals surface area contributed by atoms with Crippen molar-refractivity contribution in [2.75, 3.05) is 13.1 Å². The molecule has 1 aliphatic heterocycles. The number of hydrogen-bond acceptors (Lipinski definition) is 4. The first kappa shape index (κ1) is 13.7. The summed E-state index contributed by atoms with van der Waals surface area (Å²) in [6.45, 7) is 0.492. The Kier molecular flexibility index (Phi) is 3.98. The van der Waals surface area contributed by atoms with E-state index in [0.29, 0.717) is 11.1 Å². The van der Waals surface area contributed by atoms with Gasteiger partial charge < -0.3 is 0 Å². The summed E-state index contributed by atoms with van der Waals surface area (Å²) in [5.74, 6) is -0.0887. The molecule has 100 valence electrons. The van der Waals surface area contributed by atoms with E-state index in [9.17, 15) is 13.2 Å². The van der Waals surface area contributed by atoms with Gasteiger partial charge in [-0.25, -0.2) is 12.7 Å². The van der Waals surface area contributed by atoms with Gasteiger partial charge in [0.15, 0.2) is 0 Å². The van der Waals surface area contributed by atoms with Crippen molar-refractivity contribution < 1.29 is 13.2 Å². The summed E-state index contributed by atoms with van der Waals surface area (Å²) in [4.78, 5) is 11.1. The van der Waals surface area contributed by atoms with Gasteiger partial charge in [-0.1, -0.05) is 18.2 Å². The van der Waals surface area contributed by atoms with Crippen LogP contribution in [0, 0.1) is 11.3 Å². The van der Waals surface area contributed by atoms with Gasteiger partial charge in [-0.05, 0) is 11.6 Å². The highest BCUT2D eigenvalue weighted by Gasteiger charge is 2.27. The first-order chi connectivity index (χ1) is 9.03. The fraction of sp³-hybridized carbons (Fsp3) is 0.385. The highest BCUT2D eigenvalue weighted by Crippen LogP contribution is 2.17. The van der Waals surface area contributed by atoms with Gasteiger partial charge in [-0.2, -0.15) is 5.26 Å². The lowest BCUT2D eigenvalue weighted by atomic mass is 10.1. The lowest BCUT2D eigenvalue weighted by molar-refractivity contribution is -0.120. The largest absolute Gasteiger partial charge is 0.300 e. The highest BCUT2D eigenvalue weighted by molar-refractivity contribution is 7.88. The monoisotopic (exact) mass is 278 g/mol. The maximum absolute atomic E-state index is 12.2. The molecule has 0 unspecified atom stereocenters. The molecule has 5 nitrogen and oxygen atoms in total. The lowest BCUT2D eigenvalue weighted by Gasteiger charge is -2.25. The van der Waals surface area contributed by atoms with E-state index in [1.165, 1.54) is 4.31 Å². The Bertz CT molecular complexity index is 622. The first-order valence-electron chi connectivity index (χ1n) is 6.00. The SMILES string of the molecule is N#Cc1ccccc1CS(=O)(=O)N1CCC(=O)CC1. The van der Waals surface area contributed by atoms with Crippen molar-refractivity contribution in [3.05, 3.63) is 35.4 Å². The van der Waals surface area contributed by atoms with Crippen LogP contribution >= 0.6 is 0 Å². The quantitative estimate of drug-likeness (QED) is 0.828.